The van der Waals surface area contributed by atoms with Crippen molar-refractivity contribution in [2.45, 2.75) is 0 Å². The molecule has 0 spiro atoms. The summed E-state index contributed by atoms with van der Waals surface area (Å²) in [4.78, 5) is 21.7. The molecule has 108 valence electrons. The zero-order valence-corrected chi connectivity index (χ0v) is 12.1. The van der Waals surface area contributed by atoms with Crippen LogP contribution in [0, 0.1) is 10.1 Å². The molecule has 0 radical (unpaired) electrons. The Hall–Kier alpha value is -2.61. The second-order valence-corrected chi connectivity index (χ2v) is 4.96. The second-order valence-electron chi connectivity index (χ2n) is 4.05. The predicted octanol–water partition coefficient (Wildman–Crippen LogP) is 3.71. The standard InChI is InChI=1S/C13H10BrN3O4/c14-8-2-1-3-9(6-8)15-13(19)16-11-5-4-10(17(20)21)7-12(11)18/h1-7,18H,(H2,15,16,19). The van der Waals surface area contributed by atoms with Crippen LogP contribution < -0.4 is 10.6 Å². The highest BCUT2D eigenvalue weighted by atomic mass is 79.9. The quantitative estimate of drug-likeness (QED) is 0.445. The lowest BCUT2D eigenvalue weighted by molar-refractivity contribution is -0.384. The number of hydrogen-bond donors (Lipinski definition) is 3. The molecule has 0 fully saturated rings. The molecule has 0 atom stereocenters. The Bertz CT molecular complexity index is 706. The maximum atomic E-state index is 11.8. The number of amides is 2. The van der Waals surface area contributed by atoms with Crippen LogP contribution in [0.2, 0.25) is 0 Å². The molecule has 0 heterocycles. The average molecular weight is 352 g/mol. The number of carbonyl (C=O) groups is 1. The summed E-state index contributed by atoms with van der Waals surface area (Å²) in [6.45, 7) is 0. The van der Waals surface area contributed by atoms with E-state index in [0.717, 1.165) is 10.5 Å². The van der Waals surface area contributed by atoms with Crippen molar-refractivity contribution < 1.29 is 14.8 Å². The summed E-state index contributed by atoms with van der Waals surface area (Å²) in [5.74, 6) is -0.381. The van der Waals surface area contributed by atoms with Gasteiger partial charge in [0.25, 0.3) is 5.69 Å². The third-order valence-electron chi connectivity index (χ3n) is 2.52. The number of nitro benzene ring substituents is 1. The number of non-ortho nitro benzene ring substituents is 1. The topological polar surface area (TPSA) is 104 Å². The molecule has 0 bridgehead atoms. The second kappa shape index (κ2) is 6.23. The van der Waals surface area contributed by atoms with Crippen molar-refractivity contribution in [2.24, 2.45) is 0 Å². The van der Waals surface area contributed by atoms with E-state index in [1.54, 1.807) is 18.2 Å². The molecular weight excluding hydrogens is 342 g/mol. The number of urea groups is 1. The summed E-state index contributed by atoms with van der Waals surface area (Å²) in [7, 11) is 0. The highest BCUT2D eigenvalue weighted by Crippen LogP contribution is 2.28. The smallest absolute Gasteiger partial charge is 0.323 e. The molecule has 0 aromatic heterocycles. The number of benzene rings is 2. The Kier molecular flexibility index (Phi) is 4.39. The Morgan fingerprint density at radius 2 is 1.95 bits per heavy atom. The highest BCUT2D eigenvalue weighted by molar-refractivity contribution is 9.10. The van der Waals surface area contributed by atoms with Gasteiger partial charge >= 0.3 is 6.03 Å². The Balaban J connectivity index is 2.08. The molecule has 0 saturated heterocycles. The van der Waals surface area contributed by atoms with Gasteiger partial charge in [-0.2, -0.15) is 0 Å². The van der Waals surface area contributed by atoms with E-state index in [-0.39, 0.29) is 17.1 Å². The maximum Gasteiger partial charge on any atom is 0.323 e. The highest BCUT2D eigenvalue weighted by Gasteiger charge is 2.12. The van der Waals surface area contributed by atoms with E-state index >= 15 is 0 Å². The maximum absolute atomic E-state index is 11.8. The zero-order valence-electron chi connectivity index (χ0n) is 10.5. The number of nitro groups is 1. The number of anilines is 2. The third kappa shape index (κ3) is 3.93. The Morgan fingerprint density at radius 1 is 1.19 bits per heavy atom. The summed E-state index contributed by atoms with van der Waals surface area (Å²) in [5.41, 5.74) is 0.377. The van der Waals surface area contributed by atoms with E-state index in [2.05, 4.69) is 26.6 Å². The van der Waals surface area contributed by atoms with Crippen LogP contribution in [0.25, 0.3) is 0 Å². The monoisotopic (exact) mass is 351 g/mol. The van der Waals surface area contributed by atoms with Gasteiger partial charge in [-0.1, -0.05) is 22.0 Å². The van der Waals surface area contributed by atoms with Crippen LogP contribution in [0.1, 0.15) is 0 Å². The van der Waals surface area contributed by atoms with Crippen molar-refractivity contribution in [3.63, 3.8) is 0 Å². The number of rotatable bonds is 3. The molecule has 0 aliphatic rings. The number of halogens is 1. The minimum absolute atomic E-state index is 0.0769. The van der Waals surface area contributed by atoms with Gasteiger partial charge in [0.1, 0.15) is 5.75 Å². The lowest BCUT2D eigenvalue weighted by Crippen LogP contribution is -2.19. The van der Waals surface area contributed by atoms with E-state index in [9.17, 15) is 20.0 Å². The first-order chi connectivity index (χ1) is 9.95. The summed E-state index contributed by atoms with van der Waals surface area (Å²) < 4.78 is 0.804. The molecule has 3 N–H and O–H groups in total. The van der Waals surface area contributed by atoms with Gasteiger partial charge in [-0.15, -0.1) is 0 Å². The van der Waals surface area contributed by atoms with Gasteiger partial charge in [0.15, 0.2) is 0 Å². The molecule has 0 unspecified atom stereocenters. The van der Waals surface area contributed by atoms with E-state index in [4.69, 9.17) is 0 Å². The number of carbonyl (C=O) groups excluding carboxylic acids is 1. The summed E-state index contributed by atoms with van der Waals surface area (Å²) >= 11 is 3.28. The summed E-state index contributed by atoms with van der Waals surface area (Å²) in [5, 5.41) is 25.2. The molecule has 2 amide bonds. The van der Waals surface area contributed by atoms with Crippen LogP contribution in [0.3, 0.4) is 0 Å². The van der Waals surface area contributed by atoms with E-state index in [0.29, 0.717) is 5.69 Å². The minimum Gasteiger partial charge on any atom is -0.506 e. The fourth-order valence-electron chi connectivity index (χ4n) is 1.59. The van der Waals surface area contributed by atoms with Gasteiger partial charge < -0.3 is 15.7 Å². The molecule has 2 rings (SSSR count). The van der Waals surface area contributed by atoms with Gasteiger partial charge in [-0.25, -0.2) is 4.79 Å². The van der Waals surface area contributed by atoms with Crippen LogP contribution in [-0.2, 0) is 0 Å². The first-order valence-corrected chi connectivity index (χ1v) is 6.56. The lowest BCUT2D eigenvalue weighted by atomic mass is 10.2. The fraction of sp³-hybridized carbons (Fsp3) is 0. The molecule has 7 nitrogen and oxygen atoms in total. The van der Waals surface area contributed by atoms with Gasteiger partial charge in [0.2, 0.25) is 0 Å². The van der Waals surface area contributed by atoms with Crippen molar-refractivity contribution in [3.8, 4) is 5.75 Å². The van der Waals surface area contributed by atoms with Gasteiger partial charge in [0.05, 0.1) is 16.7 Å². The first kappa shape index (κ1) is 14.8. The summed E-state index contributed by atoms with van der Waals surface area (Å²) in [6.07, 6.45) is 0. The number of aromatic hydroxyl groups is 1. The number of phenolic OH excluding ortho intramolecular Hbond substituents is 1. The predicted molar refractivity (Wildman–Crippen MR) is 81.5 cm³/mol. The van der Waals surface area contributed by atoms with E-state index in [1.807, 2.05) is 6.07 Å². The molecule has 0 saturated carbocycles. The van der Waals surface area contributed by atoms with Crippen molar-refractivity contribution >= 4 is 39.0 Å². The zero-order chi connectivity index (χ0) is 15.4. The van der Waals surface area contributed by atoms with Crippen LogP contribution in [0.15, 0.2) is 46.9 Å². The van der Waals surface area contributed by atoms with Gasteiger partial charge in [0, 0.05) is 16.2 Å². The molecule has 2 aromatic carbocycles. The van der Waals surface area contributed by atoms with Crippen molar-refractivity contribution in [1.82, 2.24) is 0 Å². The van der Waals surface area contributed by atoms with Gasteiger partial charge in [-0.05, 0) is 24.3 Å². The largest absolute Gasteiger partial charge is 0.506 e. The number of hydrogen-bond acceptors (Lipinski definition) is 4. The average Bonchev–Trinajstić information content (AvgIpc) is 2.40. The van der Waals surface area contributed by atoms with Crippen LogP contribution in [0.4, 0.5) is 21.9 Å². The van der Waals surface area contributed by atoms with Crippen molar-refractivity contribution in [3.05, 3.63) is 57.1 Å². The van der Waals surface area contributed by atoms with Crippen molar-refractivity contribution in [1.29, 1.82) is 0 Å². The third-order valence-corrected chi connectivity index (χ3v) is 3.02. The molecule has 0 aliphatic carbocycles. The summed E-state index contributed by atoms with van der Waals surface area (Å²) in [6, 6.07) is 9.80. The van der Waals surface area contributed by atoms with E-state index in [1.165, 1.54) is 12.1 Å². The normalized spacial score (nSPS) is 9.95. The fourth-order valence-corrected chi connectivity index (χ4v) is 1.99. The molecule has 21 heavy (non-hydrogen) atoms. The molecular formula is C13H10BrN3O4. The SMILES string of the molecule is O=C(Nc1cccc(Br)c1)Nc1ccc([N+](=O)[O-])cc1O. The Labute approximate surface area is 127 Å². The molecule has 2 aromatic rings. The number of phenols is 1. The number of nitrogens with one attached hydrogen (secondary N) is 2. The van der Waals surface area contributed by atoms with E-state index < -0.39 is 11.0 Å². The first-order valence-electron chi connectivity index (χ1n) is 5.76. The van der Waals surface area contributed by atoms with Gasteiger partial charge in [-0.3, -0.25) is 10.1 Å². The number of nitrogens with zero attached hydrogens (tertiary/aromatic N) is 1. The van der Waals surface area contributed by atoms with Crippen LogP contribution >= 0.6 is 15.9 Å². The lowest BCUT2D eigenvalue weighted by Gasteiger charge is -2.09. The van der Waals surface area contributed by atoms with Crippen molar-refractivity contribution in [2.75, 3.05) is 10.6 Å². The minimum atomic E-state index is -0.634. The molecule has 0 aliphatic heterocycles. The molecule has 8 heteroatoms. The Morgan fingerprint density at radius 3 is 2.57 bits per heavy atom. The van der Waals surface area contributed by atoms with Crippen LogP contribution in [-0.4, -0.2) is 16.1 Å². The van der Waals surface area contributed by atoms with Crippen LogP contribution in [0.5, 0.6) is 5.75 Å².